The van der Waals surface area contributed by atoms with Crippen molar-refractivity contribution in [2.75, 3.05) is 5.32 Å². The molecule has 0 amide bonds. The molecule has 0 saturated carbocycles. The van der Waals surface area contributed by atoms with E-state index in [4.69, 9.17) is 5.11 Å². The van der Waals surface area contributed by atoms with Crippen LogP contribution < -0.4 is 5.32 Å². The van der Waals surface area contributed by atoms with Gasteiger partial charge in [0.25, 0.3) is 5.69 Å². The van der Waals surface area contributed by atoms with Crippen LogP contribution in [0.5, 0.6) is 0 Å². The summed E-state index contributed by atoms with van der Waals surface area (Å²) in [6, 6.07) is 4.84. The van der Waals surface area contributed by atoms with Crippen molar-refractivity contribution < 1.29 is 20.3 Å². The number of nitro benzene ring substituents is 1. The topological polar surface area (TPSA) is 124 Å². The van der Waals surface area contributed by atoms with Crippen molar-refractivity contribution in [3.8, 4) is 0 Å². The predicted molar refractivity (Wildman–Crippen MR) is 57.4 cm³/mol. The third-order valence-electron chi connectivity index (χ3n) is 1.83. The maximum absolute atomic E-state index is 10.5. The average Bonchev–Trinajstić information content (AvgIpc) is 2.18. The van der Waals surface area contributed by atoms with Crippen LogP contribution in [-0.2, 0) is 4.79 Å². The molecule has 1 rings (SSSR count). The number of aliphatic carboxylic acids is 1. The lowest BCUT2D eigenvalue weighted by molar-refractivity contribution is -0.384. The Morgan fingerprint density at radius 1 is 1.44 bits per heavy atom. The van der Waals surface area contributed by atoms with Crippen molar-refractivity contribution in [3.05, 3.63) is 34.4 Å². The van der Waals surface area contributed by atoms with E-state index >= 15 is 0 Å². The fourth-order valence-electron chi connectivity index (χ4n) is 0.991. The number of carboxylic acid groups (broad SMARTS) is 1. The van der Waals surface area contributed by atoms with E-state index in [9.17, 15) is 14.9 Å². The molecule has 1 unspecified atom stereocenters. The van der Waals surface area contributed by atoms with Crippen molar-refractivity contribution >= 4 is 17.3 Å². The molecule has 0 heterocycles. The number of hydrogen-bond acceptors (Lipinski definition) is 4. The second kappa shape index (κ2) is 5.66. The predicted octanol–water partition coefficient (Wildman–Crippen LogP) is 0.655. The largest absolute Gasteiger partial charge is 0.480 e. The van der Waals surface area contributed by atoms with E-state index < -0.39 is 16.9 Å². The van der Waals surface area contributed by atoms with Crippen molar-refractivity contribution in [1.29, 1.82) is 0 Å². The van der Waals surface area contributed by atoms with E-state index in [1.165, 1.54) is 31.2 Å². The van der Waals surface area contributed by atoms with Crippen LogP contribution in [0.3, 0.4) is 0 Å². The molecule has 0 aliphatic rings. The SMILES string of the molecule is CC(Nc1ccc([N+](=O)[O-])cc1)C(=O)O.O. The molecule has 1 atom stereocenters. The van der Waals surface area contributed by atoms with E-state index in [-0.39, 0.29) is 11.2 Å². The van der Waals surface area contributed by atoms with Gasteiger partial charge in [-0.2, -0.15) is 0 Å². The molecule has 88 valence electrons. The monoisotopic (exact) mass is 228 g/mol. The molecule has 1 aromatic carbocycles. The maximum Gasteiger partial charge on any atom is 0.325 e. The van der Waals surface area contributed by atoms with E-state index in [1.54, 1.807) is 0 Å². The molecule has 0 bridgehead atoms. The van der Waals surface area contributed by atoms with Crippen molar-refractivity contribution in [1.82, 2.24) is 0 Å². The lowest BCUT2D eigenvalue weighted by Crippen LogP contribution is -2.25. The Hall–Kier alpha value is -2.15. The number of rotatable bonds is 4. The first-order chi connectivity index (χ1) is 7.00. The first-order valence-corrected chi connectivity index (χ1v) is 4.24. The summed E-state index contributed by atoms with van der Waals surface area (Å²) in [6.45, 7) is 1.49. The van der Waals surface area contributed by atoms with Gasteiger partial charge >= 0.3 is 5.97 Å². The minimum atomic E-state index is -0.978. The zero-order valence-corrected chi connectivity index (χ0v) is 8.51. The van der Waals surface area contributed by atoms with Crippen LogP contribution in [0.25, 0.3) is 0 Å². The molecule has 0 aliphatic heterocycles. The van der Waals surface area contributed by atoms with Gasteiger partial charge in [0.1, 0.15) is 6.04 Å². The third kappa shape index (κ3) is 3.54. The highest BCUT2D eigenvalue weighted by molar-refractivity contribution is 5.76. The molecule has 0 radical (unpaired) electrons. The van der Waals surface area contributed by atoms with Gasteiger partial charge in [0.15, 0.2) is 0 Å². The summed E-state index contributed by atoms with van der Waals surface area (Å²) in [7, 11) is 0. The summed E-state index contributed by atoms with van der Waals surface area (Å²) in [5, 5.41) is 21.6. The van der Waals surface area contributed by atoms with Crippen LogP contribution in [0, 0.1) is 10.1 Å². The zero-order chi connectivity index (χ0) is 11.4. The van der Waals surface area contributed by atoms with Gasteiger partial charge < -0.3 is 15.9 Å². The Morgan fingerprint density at radius 2 is 1.94 bits per heavy atom. The van der Waals surface area contributed by atoms with Gasteiger partial charge in [-0.3, -0.25) is 14.9 Å². The molecule has 16 heavy (non-hydrogen) atoms. The number of carbonyl (C=O) groups is 1. The van der Waals surface area contributed by atoms with E-state index in [1.807, 2.05) is 0 Å². The fraction of sp³-hybridized carbons (Fsp3) is 0.222. The van der Waals surface area contributed by atoms with Crippen molar-refractivity contribution in [2.45, 2.75) is 13.0 Å². The first kappa shape index (κ1) is 13.8. The van der Waals surface area contributed by atoms with Crippen molar-refractivity contribution in [2.24, 2.45) is 0 Å². The number of non-ortho nitro benzene ring substituents is 1. The molecular weight excluding hydrogens is 216 g/mol. The highest BCUT2D eigenvalue weighted by Crippen LogP contribution is 2.15. The fourth-order valence-corrected chi connectivity index (χ4v) is 0.991. The average molecular weight is 228 g/mol. The first-order valence-electron chi connectivity index (χ1n) is 4.24. The van der Waals surface area contributed by atoms with Gasteiger partial charge in [-0.05, 0) is 19.1 Å². The van der Waals surface area contributed by atoms with Crippen LogP contribution >= 0.6 is 0 Å². The van der Waals surface area contributed by atoms with Crippen LogP contribution in [0.4, 0.5) is 11.4 Å². The normalized spacial score (nSPS) is 11.1. The van der Waals surface area contributed by atoms with E-state index in [0.29, 0.717) is 5.69 Å². The molecule has 0 saturated heterocycles. The Balaban J connectivity index is 0.00000225. The van der Waals surface area contributed by atoms with Crippen LogP contribution in [0.2, 0.25) is 0 Å². The molecule has 0 spiro atoms. The second-order valence-corrected chi connectivity index (χ2v) is 3.01. The summed E-state index contributed by atoms with van der Waals surface area (Å²) in [6.07, 6.45) is 0. The Bertz CT molecular complexity index is 376. The number of nitrogens with one attached hydrogen (secondary N) is 1. The molecule has 1 aromatic rings. The number of anilines is 1. The molecule has 0 aliphatic carbocycles. The quantitative estimate of drug-likeness (QED) is 0.578. The summed E-state index contributed by atoms with van der Waals surface area (Å²) < 4.78 is 0. The van der Waals surface area contributed by atoms with Crippen LogP contribution in [0.15, 0.2) is 24.3 Å². The summed E-state index contributed by atoms with van der Waals surface area (Å²) in [4.78, 5) is 20.3. The third-order valence-corrected chi connectivity index (χ3v) is 1.83. The maximum atomic E-state index is 10.5. The summed E-state index contributed by atoms with van der Waals surface area (Å²) in [5.41, 5.74) is 0.513. The minimum Gasteiger partial charge on any atom is -0.480 e. The Morgan fingerprint density at radius 3 is 2.31 bits per heavy atom. The number of benzene rings is 1. The Kier molecular flexibility index (Phi) is 4.90. The van der Waals surface area contributed by atoms with Gasteiger partial charge in [0.05, 0.1) is 4.92 Å². The highest BCUT2D eigenvalue weighted by atomic mass is 16.6. The smallest absolute Gasteiger partial charge is 0.325 e. The van der Waals surface area contributed by atoms with E-state index in [2.05, 4.69) is 5.32 Å². The number of hydrogen-bond donors (Lipinski definition) is 2. The van der Waals surface area contributed by atoms with Gasteiger partial charge in [-0.25, -0.2) is 0 Å². The van der Waals surface area contributed by atoms with Crippen molar-refractivity contribution in [3.63, 3.8) is 0 Å². The highest BCUT2D eigenvalue weighted by Gasteiger charge is 2.10. The lowest BCUT2D eigenvalue weighted by atomic mass is 10.2. The summed E-state index contributed by atoms with van der Waals surface area (Å²) >= 11 is 0. The standard InChI is InChI=1S/C9H10N2O4.H2O/c1-6(9(12)13)10-7-2-4-8(5-3-7)11(14)15;/h2-6,10H,1H3,(H,12,13);1H2. The molecular formula is C9H12N2O5. The van der Waals surface area contributed by atoms with Crippen LogP contribution in [0.1, 0.15) is 6.92 Å². The number of nitrogens with zero attached hydrogens (tertiary/aromatic N) is 1. The van der Waals surface area contributed by atoms with Gasteiger partial charge in [-0.1, -0.05) is 0 Å². The van der Waals surface area contributed by atoms with E-state index in [0.717, 1.165) is 0 Å². The number of nitro groups is 1. The zero-order valence-electron chi connectivity index (χ0n) is 8.51. The molecule has 7 heteroatoms. The lowest BCUT2D eigenvalue weighted by Gasteiger charge is -2.09. The minimum absolute atomic E-state index is 0. The van der Waals surface area contributed by atoms with Gasteiger partial charge in [0, 0.05) is 17.8 Å². The second-order valence-electron chi connectivity index (χ2n) is 3.01. The Labute approximate surface area is 91.2 Å². The molecule has 0 aromatic heterocycles. The van der Waals surface area contributed by atoms with Gasteiger partial charge in [-0.15, -0.1) is 0 Å². The van der Waals surface area contributed by atoms with Crippen LogP contribution in [-0.4, -0.2) is 27.5 Å². The number of carboxylic acids is 1. The molecule has 4 N–H and O–H groups in total. The molecule has 0 fully saturated rings. The molecule has 7 nitrogen and oxygen atoms in total. The van der Waals surface area contributed by atoms with Gasteiger partial charge in [0.2, 0.25) is 0 Å². The summed E-state index contributed by atoms with van der Waals surface area (Å²) in [5.74, 6) is -0.978.